The largest absolute Gasteiger partial charge is 0.493 e. The molecule has 1 aliphatic rings. The van der Waals surface area contributed by atoms with Gasteiger partial charge in [-0.05, 0) is 18.2 Å². The number of benzene rings is 1. The van der Waals surface area contributed by atoms with Crippen molar-refractivity contribution in [1.82, 2.24) is 15.3 Å². The minimum absolute atomic E-state index is 0.0968. The Hall–Kier alpha value is -2.72. The lowest BCUT2D eigenvalue weighted by Crippen LogP contribution is -2.40. The van der Waals surface area contributed by atoms with Crippen molar-refractivity contribution in [2.24, 2.45) is 0 Å². The smallest absolute Gasteiger partial charge is 0.321 e. The molecule has 1 N–H and O–H groups in total. The quantitative estimate of drug-likeness (QED) is 0.779. The van der Waals surface area contributed by atoms with Gasteiger partial charge in [0.25, 0.3) is 11.9 Å². The van der Waals surface area contributed by atoms with E-state index in [1.165, 1.54) is 30.5 Å². The molecule has 1 aromatic heterocycles. The molecule has 142 valence electrons. The molecular weight excluding hydrogens is 389 g/mol. The lowest BCUT2D eigenvalue weighted by molar-refractivity contribution is -0.200. The number of hydroxylamine groups is 1. The lowest BCUT2D eigenvalue weighted by Gasteiger charge is -2.22. The molecule has 1 aromatic carbocycles. The van der Waals surface area contributed by atoms with Crippen LogP contribution >= 0.6 is 11.6 Å². The highest BCUT2D eigenvalue weighted by Crippen LogP contribution is 2.23. The lowest BCUT2D eigenvalue weighted by atomic mass is 10.1. The Morgan fingerprint density at radius 3 is 2.78 bits per heavy atom. The summed E-state index contributed by atoms with van der Waals surface area (Å²) >= 11 is 5.82. The second kappa shape index (κ2) is 7.49. The van der Waals surface area contributed by atoms with E-state index >= 15 is 0 Å². The topological polar surface area (TPSA) is 84.4 Å². The van der Waals surface area contributed by atoms with Crippen molar-refractivity contribution in [2.75, 3.05) is 11.6 Å². The van der Waals surface area contributed by atoms with Crippen LogP contribution in [0.4, 0.5) is 19.1 Å². The molecule has 0 saturated heterocycles. The van der Waals surface area contributed by atoms with Crippen molar-refractivity contribution >= 4 is 29.4 Å². The fourth-order valence-electron chi connectivity index (χ4n) is 2.37. The molecule has 0 unspecified atom stereocenters. The number of hydrogen-bond acceptors (Lipinski definition) is 6. The van der Waals surface area contributed by atoms with Crippen LogP contribution in [0.1, 0.15) is 21.6 Å². The Morgan fingerprint density at radius 1 is 1.30 bits per heavy atom. The Kier molecular flexibility index (Phi) is 5.29. The van der Waals surface area contributed by atoms with Crippen molar-refractivity contribution in [1.29, 1.82) is 0 Å². The van der Waals surface area contributed by atoms with Crippen LogP contribution < -0.4 is 10.4 Å². The average molecular weight is 401 g/mol. The molecule has 3 rings (SSSR count). The van der Waals surface area contributed by atoms with E-state index in [0.717, 1.165) is 5.56 Å². The second-order valence-electron chi connectivity index (χ2n) is 5.56. The number of fused-ring (bicyclic) bond motifs is 1. The van der Waals surface area contributed by atoms with Crippen molar-refractivity contribution in [3.8, 4) is 0 Å². The second-order valence-corrected chi connectivity index (χ2v) is 5.99. The summed E-state index contributed by atoms with van der Waals surface area (Å²) in [4.78, 5) is 36.2. The van der Waals surface area contributed by atoms with Gasteiger partial charge in [0.1, 0.15) is 0 Å². The molecule has 1 amide bonds. The fourth-order valence-corrected chi connectivity index (χ4v) is 2.56. The van der Waals surface area contributed by atoms with Crippen LogP contribution in [0.2, 0.25) is 5.02 Å². The zero-order valence-corrected chi connectivity index (χ0v) is 14.3. The molecule has 0 aliphatic carbocycles. The van der Waals surface area contributed by atoms with Gasteiger partial charge >= 0.3 is 12.1 Å². The highest BCUT2D eigenvalue weighted by atomic mass is 35.5. The molecule has 0 spiro atoms. The maximum absolute atomic E-state index is 12.7. The van der Waals surface area contributed by atoms with Crippen LogP contribution in [-0.4, -0.2) is 34.6 Å². The molecule has 27 heavy (non-hydrogen) atoms. The molecule has 0 bridgehead atoms. The van der Waals surface area contributed by atoms with Crippen molar-refractivity contribution in [3.63, 3.8) is 0 Å². The zero-order valence-electron chi connectivity index (χ0n) is 13.6. The standard InChI is InChI=1S/C16H12ClF3N4O3/c17-11-3-1-2-9(6-11)13(25)24(27-14(26)16(18,19)20)15-22-8-10-7-21-5-4-12(10)23-15/h1-3,6,8,21H,4-5,7H2. The first kappa shape index (κ1) is 19.1. The summed E-state index contributed by atoms with van der Waals surface area (Å²) in [5.74, 6) is -4.11. The Morgan fingerprint density at radius 2 is 2.07 bits per heavy atom. The normalized spacial score (nSPS) is 13.6. The van der Waals surface area contributed by atoms with Gasteiger partial charge in [-0.2, -0.15) is 13.2 Å². The summed E-state index contributed by atoms with van der Waals surface area (Å²) in [6.07, 6.45) is -3.45. The molecule has 0 atom stereocenters. The predicted molar refractivity (Wildman–Crippen MR) is 87.9 cm³/mol. The van der Waals surface area contributed by atoms with Crippen LogP contribution in [-0.2, 0) is 22.6 Å². The molecule has 7 nitrogen and oxygen atoms in total. The zero-order chi connectivity index (χ0) is 19.6. The number of carbonyl (C=O) groups excluding carboxylic acids is 2. The third-order valence-corrected chi connectivity index (χ3v) is 3.87. The summed E-state index contributed by atoms with van der Waals surface area (Å²) in [5, 5.41) is 3.40. The fraction of sp³-hybridized carbons (Fsp3) is 0.250. The Labute approximate surface area is 156 Å². The number of hydrogen-bond donors (Lipinski definition) is 1. The number of halogens is 4. The van der Waals surface area contributed by atoms with Crippen LogP contribution in [0, 0.1) is 0 Å². The minimum Gasteiger partial charge on any atom is -0.321 e. The van der Waals surface area contributed by atoms with Crippen LogP contribution in [0.25, 0.3) is 0 Å². The van der Waals surface area contributed by atoms with Gasteiger partial charge in [0.15, 0.2) is 0 Å². The van der Waals surface area contributed by atoms with Crippen LogP contribution in [0.3, 0.4) is 0 Å². The van der Waals surface area contributed by atoms with Crippen LogP contribution in [0.15, 0.2) is 30.5 Å². The number of aromatic nitrogens is 2. The third kappa shape index (κ3) is 4.34. The molecule has 1 aliphatic heterocycles. The van der Waals surface area contributed by atoms with Crippen LogP contribution in [0.5, 0.6) is 0 Å². The summed E-state index contributed by atoms with van der Waals surface area (Å²) in [6.45, 7) is 1.09. The van der Waals surface area contributed by atoms with Gasteiger partial charge in [0.05, 0.1) is 5.69 Å². The SMILES string of the molecule is O=C(c1cccc(Cl)c1)N(OC(=O)C(F)(F)F)c1ncc2c(n1)CCNC2. The molecule has 0 fully saturated rings. The first-order chi connectivity index (χ1) is 12.8. The first-order valence-electron chi connectivity index (χ1n) is 7.70. The number of carbonyl (C=O) groups is 2. The van der Waals surface area contributed by atoms with Gasteiger partial charge in [-0.15, -0.1) is 0 Å². The minimum atomic E-state index is -5.30. The summed E-state index contributed by atoms with van der Waals surface area (Å²) in [6, 6.07) is 5.44. The van der Waals surface area contributed by atoms with Crippen molar-refractivity contribution < 1.29 is 27.6 Å². The number of alkyl halides is 3. The summed E-state index contributed by atoms with van der Waals surface area (Å²) < 4.78 is 37.9. The molecule has 2 aromatic rings. The number of nitrogens with zero attached hydrogens (tertiary/aromatic N) is 3. The molecule has 2 heterocycles. The number of anilines is 1. The van der Waals surface area contributed by atoms with E-state index in [1.54, 1.807) is 0 Å². The third-order valence-electron chi connectivity index (χ3n) is 3.64. The monoisotopic (exact) mass is 400 g/mol. The molecule has 0 radical (unpaired) electrons. The van der Waals surface area contributed by atoms with E-state index in [1.807, 2.05) is 0 Å². The maximum atomic E-state index is 12.7. The van der Waals surface area contributed by atoms with Gasteiger partial charge in [0, 0.05) is 41.9 Å². The first-order valence-corrected chi connectivity index (χ1v) is 8.08. The van der Waals surface area contributed by atoms with Gasteiger partial charge in [-0.3, -0.25) is 4.79 Å². The predicted octanol–water partition coefficient (Wildman–Crippen LogP) is 2.44. The van der Waals surface area contributed by atoms with E-state index in [9.17, 15) is 22.8 Å². The van der Waals surface area contributed by atoms with E-state index in [0.29, 0.717) is 25.2 Å². The van der Waals surface area contributed by atoms with Crippen molar-refractivity contribution in [3.05, 3.63) is 52.3 Å². The van der Waals surface area contributed by atoms with Gasteiger partial charge in [-0.1, -0.05) is 22.7 Å². The number of nitrogens with one attached hydrogen (secondary N) is 1. The molecular formula is C16H12ClF3N4O3. The van der Waals surface area contributed by atoms with Gasteiger partial charge < -0.3 is 10.2 Å². The summed E-state index contributed by atoms with van der Waals surface area (Å²) in [7, 11) is 0. The number of rotatable bonds is 2. The van der Waals surface area contributed by atoms with Crippen molar-refractivity contribution in [2.45, 2.75) is 19.1 Å². The van der Waals surface area contributed by atoms with E-state index < -0.39 is 24.0 Å². The highest BCUT2D eigenvalue weighted by molar-refractivity contribution is 6.31. The highest BCUT2D eigenvalue weighted by Gasteiger charge is 2.44. The molecule has 11 heteroatoms. The molecule has 0 saturated carbocycles. The maximum Gasteiger partial charge on any atom is 0.493 e. The van der Waals surface area contributed by atoms with E-state index in [2.05, 4.69) is 20.1 Å². The van der Waals surface area contributed by atoms with E-state index in [-0.39, 0.29) is 15.6 Å². The Balaban J connectivity index is 1.99. The number of amides is 1. The van der Waals surface area contributed by atoms with Gasteiger partial charge in [-0.25, -0.2) is 14.8 Å². The Bertz CT molecular complexity index is 891. The average Bonchev–Trinajstić information content (AvgIpc) is 2.64. The summed E-state index contributed by atoms with van der Waals surface area (Å²) in [5.41, 5.74) is 1.19. The van der Waals surface area contributed by atoms with Gasteiger partial charge in [0.2, 0.25) is 0 Å². The van der Waals surface area contributed by atoms with E-state index in [4.69, 9.17) is 11.6 Å².